The van der Waals surface area contributed by atoms with E-state index in [1.54, 1.807) is 6.07 Å². The lowest BCUT2D eigenvalue weighted by Gasteiger charge is -2.29. The Bertz CT molecular complexity index is 575. The molecule has 0 aromatic heterocycles. The quantitative estimate of drug-likeness (QED) is 0.773. The van der Waals surface area contributed by atoms with Crippen LogP contribution in [0.25, 0.3) is 0 Å². The molecule has 4 heteroatoms. The molecule has 0 aliphatic carbocycles. The molecule has 1 atom stereocenters. The summed E-state index contributed by atoms with van der Waals surface area (Å²) in [6.45, 7) is 2.08. The zero-order valence-electron chi connectivity index (χ0n) is 10.1. The molecule has 0 spiro atoms. The van der Waals surface area contributed by atoms with E-state index in [1.165, 1.54) is 12.1 Å². The molecule has 0 saturated heterocycles. The van der Waals surface area contributed by atoms with Crippen molar-refractivity contribution in [1.82, 2.24) is 5.23 Å². The highest BCUT2D eigenvalue weighted by Gasteiger charge is 2.30. The molecule has 2 aromatic rings. The van der Waals surface area contributed by atoms with Crippen molar-refractivity contribution >= 4 is 12.5 Å². The number of hydrogen-bond acceptors (Lipinski definition) is 2. The Hall–Kier alpha value is -1.81. The fourth-order valence-electron chi connectivity index (χ4n) is 2.26. The number of fused-ring (bicyclic) bond motifs is 1. The van der Waals surface area contributed by atoms with Crippen LogP contribution in [0, 0.1) is 5.82 Å². The van der Waals surface area contributed by atoms with Crippen molar-refractivity contribution in [3.8, 4) is 5.75 Å². The summed E-state index contributed by atoms with van der Waals surface area (Å²) in [5.74, 6) is 0.613. The highest BCUT2D eigenvalue weighted by molar-refractivity contribution is 6.66. The van der Waals surface area contributed by atoms with Gasteiger partial charge in [-0.05, 0) is 30.6 Å². The maximum atomic E-state index is 13.2. The summed E-state index contributed by atoms with van der Waals surface area (Å²) < 4.78 is 19.1. The van der Waals surface area contributed by atoms with Crippen molar-refractivity contribution in [3.05, 3.63) is 59.9 Å². The Morgan fingerprint density at radius 3 is 2.83 bits per heavy atom. The second-order valence-corrected chi connectivity index (χ2v) is 4.48. The molecule has 2 aromatic carbocycles. The van der Waals surface area contributed by atoms with Crippen LogP contribution in [0.2, 0.25) is 0 Å². The van der Waals surface area contributed by atoms with Gasteiger partial charge < -0.3 is 9.88 Å². The van der Waals surface area contributed by atoms with Gasteiger partial charge in [-0.25, -0.2) is 4.39 Å². The van der Waals surface area contributed by atoms with E-state index >= 15 is 0 Å². The normalized spacial score (nSPS) is 18.1. The first-order chi connectivity index (χ1) is 8.74. The van der Waals surface area contributed by atoms with Crippen LogP contribution in [0.15, 0.2) is 48.5 Å². The lowest BCUT2D eigenvalue weighted by Crippen LogP contribution is -2.53. The predicted octanol–water partition coefficient (Wildman–Crippen LogP) is 2.26. The fourth-order valence-corrected chi connectivity index (χ4v) is 2.26. The van der Waals surface area contributed by atoms with Gasteiger partial charge in [-0.15, -0.1) is 0 Å². The van der Waals surface area contributed by atoms with Crippen molar-refractivity contribution in [2.24, 2.45) is 0 Å². The van der Waals surface area contributed by atoms with E-state index in [4.69, 9.17) is 4.65 Å². The first-order valence-electron chi connectivity index (χ1n) is 6.01. The highest BCUT2D eigenvalue weighted by atomic mass is 19.1. The molecule has 18 heavy (non-hydrogen) atoms. The maximum absolute atomic E-state index is 13.2. The summed E-state index contributed by atoms with van der Waals surface area (Å²) in [4.78, 5) is 0. The first kappa shape index (κ1) is 11.3. The number of nitrogens with one attached hydrogen (secondary N) is 1. The zero-order chi connectivity index (χ0) is 12.5. The smallest absolute Gasteiger partial charge is 0.483 e. The standard InChI is InChI=1S/C14H13BFNO/c1-10-13-7-2-3-8-14(13)18-15(17-10)11-5-4-6-12(16)9-11/h2-10,17H,1H3. The molecule has 1 aliphatic rings. The third kappa shape index (κ3) is 2.00. The molecule has 1 N–H and O–H groups in total. The monoisotopic (exact) mass is 241 g/mol. The number of para-hydroxylation sites is 1. The summed E-state index contributed by atoms with van der Waals surface area (Å²) >= 11 is 0. The predicted molar refractivity (Wildman–Crippen MR) is 70.4 cm³/mol. The molecule has 1 unspecified atom stereocenters. The Balaban J connectivity index is 1.94. The lowest BCUT2D eigenvalue weighted by molar-refractivity contribution is 0.492. The van der Waals surface area contributed by atoms with Crippen LogP contribution in [0.3, 0.4) is 0 Å². The van der Waals surface area contributed by atoms with Crippen molar-refractivity contribution in [1.29, 1.82) is 0 Å². The van der Waals surface area contributed by atoms with Gasteiger partial charge in [0.25, 0.3) is 0 Å². The van der Waals surface area contributed by atoms with E-state index in [1.807, 2.05) is 30.3 Å². The number of hydrogen-bond donors (Lipinski definition) is 1. The summed E-state index contributed by atoms with van der Waals surface area (Å²) in [5.41, 5.74) is 1.93. The molecule has 1 aliphatic heterocycles. The van der Waals surface area contributed by atoms with Gasteiger partial charge in [0.05, 0.1) is 0 Å². The van der Waals surface area contributed by atoms with Crippen LogP contribution in [0.1, 0.15) is 18.5 Å². The van der Waals surface area contributed by atoms with Crippen LogP contribution in [-0.4, -0.2) is 7.05 Å². The van der Waals surface area contributed by atoms with E-state index in [-0.39, 0.29) is 18.9 Å². The molecule has 0 radical (unpaired) electrons. The second-order valence-electron chi connectivity index (χ2n) is 4.48. The van der Waals surface area contributed by atoms with Crippen LogP contribution in [0.4, 0.5) is 4.39 Å². The van der Waals surface area contributed by atoms with Gasteiger partial charge in [-0.1, -0.05) is 30.3 Å². The minimum atomic E-state index is -0.300. The fraction of sp³-hybridized carbons (Fsp3) is 0.143. The van der Waals surface area contributed by atoms with Crippen molar-refractivity contribution < 1.29 is 9.04 Å². The van der Waals surface area contributed by atoms with E-state index in [0.717, 1.165) is 16.8 Å². The third-order valence-corrected chi connectivity index (χ3v) is 3.18. The van der Waals surface area contributed by atoms with Crippen LogP contribution < -0.4 is 15.3 Å². The van der Waals surface area contributed by atoms with Crippen molar-refractivity contribution in [2.45, 2.75) is 13.0 Å². The topological polar surface area (TPSA) is 21.3 Å². The van der Waals surface area contributed by atoms with Gasteiger partial charge in [0.15, 0.2) is 0 Å². The van der Waals surface area contributed by atoms with Crippen LogP contribution in [0.5, 0.6) is 5.75 Å². The largest absolute Gasteiger partial charge is 0.542 e. The van der Waals surface area contributed by atoms with Gasteiger partial charge in [0.1, 0.15) is 11.6 Å². The van der Waals surface area contributed by atoms with Crippen LogP contribution in [-0.2, 0) is 0 Å². The molecule has 0 saturated carbocycles. The van der Waals surface area contributed by atoms with E-state index in [0.29, 0.717) is 0 Å². The molecular formula is C14H13BFNO. The summed E-state index contributed by atoms with van der Waals surface area (Å²) in [6, 6.07) is 14.6. The molecular weight excluding hydrogens is 228 g/mol. The Kier molecular flexibility index (Phi) is 2.80. The van der Waals surface area contributed by atoms with Gasteiger partial charge in [0.2, 0.25) is 0 Å². The second kappa shape index (κ2) is 4.46. The third-order valence-electron chi connectivity index (χ3n) is 3.18. The number of halogens is 1. The van der Waals surface area contributed by atoms with Gasteiger partial charge in [-0.2, -0.15) is 0 Å². The van der Waals surface area contributed by atoms with E-state index in [2.05, 4.69) is 12.2 Å². The Morgan fingerprint density at radius 1 is 1.17 bits per heavy atom. The molecule has 1 heterocycles. The molecule has 2 nitrogen and oxygen atoms in total. The SMILES string of the molecule is CC1NB(c2cccc(F)c2)Oc2ccccc21. The van der Waals surface area contributed by atoms with Crippen molar-refractivity contribution in [3.63, 3.8) is 0 Å². The number of rotatable bonds is 1. The minimum absolute atomic E-state index is 0.184. The average molecular weight is 241 g/mol. The molecule has 90 valence electrons. The lowest BCUT2D eigenvalue weighted by atomic mass is 9.71. The zero-order valence-corrected chi connectivity index (χ0v) is 10.1. The first-order valence-corrected chi connectivity index (χ1v) is 6.01. The van der Waals surface area contributed by atoms with Gasteiger partial charge in [-0.3, -0.25) is 0 Å². The molecule has 0 bridgehead atoms. The number of benzene rings is 2. The van der Waals surface area contributed by atoms with Gasteiger partial charge in [0, 0.05) is 11.6 Å². The van der Waals surface area contributed by atoms with Crippen molar-refractivity contribution in [2.75, 3.05) is 0 Å². The Labute approximate surface area is 106 Å². The highest BCUT2D eigenvalue weighted by Crippen LogP contribution is 2.28. The van der Waals surface area contributed by atoms with Gasteiger partial charge >= 0.3 is 7.05 Å². The summed E-state index contributed by atoms with van der Waals surface area (Å²) in [6.07, 6.45) is 0. The summed E-state index contributed by atoms with van der Waals surface area (Å²) in [5, 5.41) is 3.33. The molecule has 0 amide bonds. The van der Waals surface area contributed by atoms with E-state index < -0.39 is 0 Å². The summed E-state index contributed by atoms with van der Waals surface area (Å²) in [7, 11) is -0.300. The minimum Gasteiger partial charge on any atom is -0.542 e. The molecule has 3 rings (SSSR count). The van der Waals surface area contributed by atoms with Crippen LogP contribution >= 0.6 is 0 Å². The average Bonchev–Trinajstić information content (AvgIpc) is 2.39. The maximum Gasteiger partial charge on any atom is 0.483 e. The molecule has 0 fully saturated rings. The van der Waals surface area contributed by atoms with E-state index in [9.17, 15) is 4.39 Å². The Morgan fingerprint density at radius 2 is 2.00 bits per heavy atom.